The average Bonchev–Trinajstić information content (AvgIpc) is 3.29. The van der Waals surface area contributed by atoms with Crippen molar-refractivity contribution in [1.29, 1.82) is 0 Å². The summed E-state index contributed by atoms with van der Waals surface area (Å²) >= 11 is 1.58. The van der Waals surface area contributed by atoms with Gasteiger partial charge in [-0.25, -0.2) is 4.68 Å². The van der Waals surface area contributed by atoms with Crippen LogP contribution < -0.4 is 10.3 Å². The molecule has 8 heteroatoms. The highest BCUT2D eigenvalue weighted by Crippen LogP contribution is 2.21. The first kappa shape index (κ1) is 19.8. The Morgan fingerprint density at radius 3 is 2.67 bits per heavy atom. The van der Waals surface area contributed by atoms with Crippen LogP contribution in [0.4, 0.5) is 0 Å². The molecule has 30 heavy (non-hydrogen) atoms. The number of hydrogen-bond donors (Lipinski definition) is 0. The normalized spacial score (nSPS) is 10.8. The smallest absolute Gasteiger partial charge is 0.278 e. The first-order valence-electron chi connectivity index (χ1n) is 9.40. The molecule has 2 aromatic heterocycles. The van der Waals surface area contributed by atoms with Gasteiger partial charge in [0.2, 0.25) is 5.91 Å². The molecule has 4 aromatic rings. The number of carbonyl (C=O) groups excluding carboxylic acids is 1. The number of benzene rings is 2. The Bertz CT molecular complexity index is 1220. The van der Waals surface area contributed by atoms with Crippen LogP contribution in [0.5, 0.6) is 5.75 Å². The molecule has 0 radical (unpaired) electrons. The van der Waals surface area contributed by atoms with Crippen LogP contribution >= 0.6 is 11.3 Å². The van der Waals surface area contributed by atoms with Gasteiger partial charge in [0.05, 0.1) is 19.0 Å². The molecule has 0 bridgehead atoms. The van der Waals surface area contributed by atoms with Gasteiger partial charge in [0.25, 0.3) is 5.56 Å². The number of thiophene rings is 1. The summed E-state index contributed by atoms with van der Waals surface area (Å²) in [4.78, 5) is 28.7. The highest BCUT2D eigenvalue weighted by atomic mass is 32.1. The fourth-order valence-electron chi connectivity index (χ4n) is 3.22. The number of carbonyl (C=O) groups is 1. The fraction of sp³-hybridized carbons (Fsp3) is 0.182. The van der Waals surface area contributed by atoms with Crippen molar-refractivity contribution in [2.75, 3.05) is 7.11 Å². The zero-order valence-electron chi connectivity index (χ0n) is 16.4. The summed E-state index contributed by atoms with van der Waals surface area (Å²) in [6, 6.07) is 18.5. The lowest BCUT2D eigenvalue weighted by molar-refractivity contribution is -0.133. The van der Waals surface area contributed by atoms with Gasteiger partial charge in [-0.1, -0.05) is 41.6 Å². The van der Waals surface area contributed by atoms with Crippen molar-refractivity contribution in [3.05, 3.63) is 86.8 Å². The van der Waals surface area contributed by atoms with E-state index in [0.29, 0.717) is 29.7 Å². The van der Waals surface area contributed by atoms with E-state index in [4.69, 9.17) is 4.74 Å². The molecule has 0 aliphatic rings. The van der Waals surface area contributed by atoms with Crippen LogP contribution in [-0.4, -0.2) is 32.9 Å². The summed E-state index contributed by atoms with van der Waals surface area (Å²) in [6.45, 7) is 0.609. The van der Waals surface area contributed by atoms with Gasteiger partial charge in [0.15, 0.2) is 0 Å². The van der Waals surface area contributed by atoms with E-state index >= 15 is 0 Å². The monoisotopic (exact) mass is 420 g/mol. The lowest BCUT2D eigenvalue weighted by Gasteiger charge is -2.23. The van der Waals surface area contributed by atoms with Gasteiger partial charge >= 0.3 is 0 Å². The molecule has 0 fully saturated rings. The highest BCUT2D eigenvalue weighted by Gasteiger charge is 2.19. The minimum absolute atomic E-state index is 0.183. The molecule has 2 heterocycles. The fourth-order valence-corrected chi connectivity index (χ4v) is 3.94. The third kappa shape index (κ3) is 4.23. The number of ether oxygens (including phenoxy) is 1. The van der Waals surface area contributed by atoms with E-state index in [1.54, 1.807) is 47.6 Å². The van der Waals surface area contributed by atoms with Crippen molar-refractivity contribution >= 4 is 28.1 Å². The Morgan fingerprint density at radius 2 is 1.87 bits per heavy atom. The molecule has 0 unspecified atom stereocenters. The summed E-state index contributed by atoms with van der Waals surface area (Å²) in [5, 5.41) is 10.4. The Hall–Kier alpha value is -3.52. The third-order valence-corrected chi connectivity index (χ3v) is 5.61. The first-order chi connectivity index (χ1) is 14.7. The Morgan fingerprint density at radius 1 is 1.07 bits per heavy atom. The zero-order chi connectivity index (χ0) is 20.9. The van der Waals surface area contributed by atoms with Gasteiger partial charge in [0, 0.05) is 17.0 Å². The van der Waals surface area contributed by atoms with Crippen molar-refractivity contribution in [1.82, 2.24) is 19.9 Å². The second-order valence-electron chi connectivity index (χ2n) is 6.71. The zero-order valence-corrected chi connectivity index (χ0v) is 17.2. The number of amides is 1. The molecule has 152 valence electrons. The summed E-state index contributed by atoms with van der Waals surface area (Å²) < 4.78 is 6.55. The molecule has 7 nitrogen and oxygen atoms in total. The van der Waals surface area contributed by atoms with Gasteiger partial charge in [-0.2, -0.15) is 0 Å². The maximum atomic E-state index is 13.2. The molecule has 4 rings (SSSR count). The van der Waals surface area contributed by atoms with Crippen molar-refractivity contribution in [3.8, 4) is 5.75 Å². The number of hydrogen-bond acceptors (Lipinski definition) is 6. The standard InChI is InChI=1S/C22H20N4O3S/c1-29-20-11-5-2-7-16(20)13-25(14-17-8-6-12-30-17)21(27)15-26-22(28)18-9-3-4-10-19(18)23-24-26/h2-12H,13-15H2,1H3. The largest absolute Gasteiger partial charge is 0.496 e. The molecule has 0 spiro atoms. The van der Waals surface area contributed by atoms with E-state index in [-0.39, 0.29) is 18.0 Å². The summed E-state index contributed by atoms with van der Waals surface area (Å²) in [7, 11) is 1.61. The Kier molecular flexibility index (Phi) is 5.85. The predicted molar refractivity (Wildman–Crippen MR) is 115 cm³/mol. The lowest BCUT2D eigenvalue weighted by Crippen LogP contribution is -2.37. The molecule has 1 amide bonds. The van der Waals surface area contributed by atoms with Crippen LogP contribution in [0.25, 0.3) is 10.9 Å². The van der Waals surface area contributed by atoms with Crippen LogP contribution in [0, 0.1) is 0 Å². The molecule has 0 aliphatic heterocycles. The number of methoxy groups -OCH3 is 1. The molecule has 2 aromatic carbocycles. The van der Waals surface area contributed by atoms with Crippen LogP contribution in [0.15, 0.2) is 70.8 Å². The van der Waals surface area contributed by atoms with Crippen LogP contribution in [0.2, 0.25) is 0 Å². The molecule has 0 saturated carbocycles. The number of fused-ring (bicyclic) bond motifs is 1. The number of aromatic nitrogens is 3. The minimum atomic E-state index is -0.331. The predicted octanol–water partition coefficient (Wildman–Crippen LogP) is 3.09. The van der Waals surface area contributed by atoms with E-state index in [0.717, 1.165) is 15.1 Å². The van der Waals surface area contributed by atoms with E-state index in [2.05, 4.69) is 10.3 Å². The minimum Gasteiger partial charge on any atom is -0.496 e. The van der Waals surface area contributed by atoms with E-state index < -0.39 is 0 Å². The van der Waals surface area contributed by atoms with Crippen LogP contribution in [0.1, 0.15) is 10.4 Å². The second kappa shape index (κ2) is 8.87. The molecule has 0 N–H and O–H groups in total. The van der Waals surface area contributed by atoms with Crippen LogP contribution in [-0.2, 0) is 24.4 Å². The summed E-state index contributed by atoms with van der Waals surface area (Å²) in [5.74, 6) is 0.491. The molecular formula is C22H20N4O3S. The number of rotatable bonds is 7. The van der Waals surface area contributed by atoms with Crippen molar-refractivity contribution in [3.63, 3.8) is 0 Å². The van der Waals surface area contributed by atoms with Gasteiger partial charge in [-0.05, 0) is 29.6 Å². The second-order valence-corrected chi connectivity index (χ2v) is 7.74. The third-order valence-electron chi connectivity index (χ3n) is 4.75. The van der Waals surface area contributed by atoms with E-state index in [1.807, 2.05) is 41.8 Å². The highest BCUT2D eigenvalue weighted by molar-refractivity contribution is 7.09. The number of nitrogens with zero attached hydrogens (tertiary/aromatic N) is 4. The Labute approximate surface area is 177 Å². The quantitative estimate of drug-likeness (QED) is 0.459. The molecule has 0 atom stereocenters. The topological polar surface area (TPSA) is 77.3 Å². The lowest BCUT2D eigenvalue weighted by atomic mass is 10.2. The van der Waals surface area contributed by atoms with Crippen LogP contribution in [0.3, 0.4) is 0 Å². The van der Waals surface area contributed by atoms with E-state index in [1.165, 1.54) is 0 Å². The average molecular weight is 420 g/mol. The first-order valence-corrected chi connectivity index (χ1v) is 10.3. The molecular weight excluding hydrogens is 400 g/mol. The van der Waals surface area contributed by atoms with Gasteiger partial charge in [-0.15, -0.1) is 16.4 Å². The summed E-state index contributed by atoms with van der Waals surface area (Å²) in [6.07, 6.45) is 0. The maximum absolute atomic E-state index is 13.2. The number of para-hydroxylation sites is 1. The molecule has 0 saturated heterocycles. The van der Waals surface area contributed by atoms with E-state index in [9.17, 15) is 9.59 Å². The van der Waals surface area contributed by atoms with Gasteiger partial charge in [-0.3, -0.25) is 9.59 Å². The van der Waals surface area contributed by atoms with Crippen molar-refractivity contribution in [2.24, 2.45) is 0 Å². The Balaban J connectivity index is 1.62. The molecule has 0 aliphatic carbocycles. The van der Waals surface area contributed by atoms with Crippen molar-refractivity contribution < 1.29 is 9.53 Å². The van der Waals surface area contributed by atoms with Crippen molar-refractivity contribution in [2.45, 2.75) is 19.6 Å². The van der Waals surface area contributed by atoms with Gasteiger partial charge in [0.1, 0.15) is 17.8 Å². The maximum Gasteiger partial charge on any atom is 0.278 e. The summed E-state index contributed by atoms with van der Waals surface area (Å²) in [5.41, 5.74) is 1.07. The SMILES string of the molecule is COc1ccccc1CN(Cc1cccs1)C(=O)Cn1nnc2ccccc2c1=O. The van der Waals surface area contributed by atoms with Gasteiger partial charge < -0.3 is 9.64 Å².